The number of aromatic carboxylic acids is 1. The van der Waals surface area contributed by atoms with Gasteiger partial charge in [0.25, 0.3) is 5.91 Å². The van der Waals surface area contributed by atoms with Gasteiger partial charge in [-0.25, -0.2) is 14.8 Å². The third-order valence-electron chi connectivity index (χ3n) is 13.8. The number of fused-ring (bicyclic) bond motifs is 8. The molecule has 4 bridgehead atoms. The molecule has 3 aliphatic heterocycles. The van der Waals surface area contributed by atoms with Gasteiger partial charge in [0.05, 0.1) is 59.1 Å². The smallest absolute Gasteiger partial charge is 0.341 e. The molecule has 66 heavy (non-hydrogen) atoms. The minimum Gasteiger partial charge on any atom is -0.477 e. The number of hydrogen-bond acceptors (Lipinski definition) is 10. The summed E-state index contributed by atoms with van der Waals surface area (Å²) >= 11 is 0. The SMILES string of the molecule is C1C[C@@H]2C[C@H]1CO2.CCn1cc(C(=O)N2C[C@@H]3C[C@H]2CO3)c(=O)c2cc(OC3Cc4ccccc4C3)ncc21.CCn1cc(C(=O)O)c(=O)c2cc(OC3Cc4ccccc4C3)ncc21.O. The maximum atomic E-state index is 13.4. The first-order chi connectivity index (χ1) is 31.6. The Morgan fingerprint density at radius 3 is 1.58 bits per heavy atom. The molecule has 3 N–H and O–H groups in total. The molecule has 7 heterocycles. The van der Waals surface area contributed by atoms with E-state index in [-0.39, 0.29) is 52.3 Å². The van der Waals surface area contributed by atoms with Gasteiger partial charge >= 0.3 is 5.97 Å². The van der Waals surface area contributed by atoms with Crippen molar-refractivity contribution in [1.82, 2.24) is 24.0 Å². The van der Waals surface area contributed by atoms with Crippen molar-refractivity contribution in [3.05, 3.63) is 139 Å². The Bertz CT molecular complexity index is 2860. The van der Waals surface area contributed by atoms with E-state index in [4.69, 9.17) is 18.9 Å². The Balaban J connectivity index is 0.000000144. The largest absolute Gasteiger partial charge is 0.477 e. The molecule has 4 atom stereocenters. The molecule has 15 heteroatoms. The van der Waals surface area contributed by atoms with Gasteiger partial charge in [0, 0.05) is 76.5 Å². The quantitative estimate of drug-likeness (QED) is 0.200. The summed E-state index contributed by atoms with van der Waals surface area (Å²) in [6.07, 6.45) is 15.3. The number of carbonyl (C=O) groups is 2. The number of amides is 1. The number of ether oxygens (including phenoxy) is 4. The second-order valence-electron chi connectivity index (χ2n) is 18.0. The highest BCUT2D eigenvalue weighted by Crippen LogP contribution is 2.35. The topological polar surface area (TPSA) is 196 Å². The van der Waals surface area contributed by atoms with Gasteiger partial charge < -0.3 is 43.6 Å². The summed E-state index contributed by atoms with van der Waals surface area (Å²) in [5, 5.41) is 10.1. The number of nitrogens with zero attached hydrogens (tertiary/aromatic N) is 5. The lowest BCUT2D eigenvalue weighted by molar-refractivity contribution is 0.0258. The van der Waals surface area contributed by atoms with Gasteiger partial charge in [-0.2, -0.15) is 0 Å². The van der Waals surface area contributed by atoms with E-state index >= 15 is 0 Å². The number of carboxylic acid groups (broad SMARTS) is 1. The normalized spacial score (nSPS) is 21.2. The third-order valence-corrected chi connectivity index (χ3v) is 13.8. The average Bonchev–Trinajstić information content (AvgIpc) is 4.21. The first kappa shape index (κ1) is 44.8. The van der Waals surface area contributed by atoms with Crippen LogP contribution in [0.4, 0.5) is 0 Å². The number of pyridine rings is 4. The Kier molecular flexibility index (Phi) is 12.8. The van der Waals surface area contributed by atoms with Crippen LogP contribution in [0.25, 0.3) is 21.8 Å². The van der Waals surface area contributed by atoms with Gasteiger partial charge in [-0.15, -0.1) is 0 Å². The number of carboxylic acids is 1. The van der Waals surface area contributed by atoms with E-state index in [0.29, 0.717) is 65.9 Å². The van der Waals surface area contributed by atoms with Gasteiger partial charge in [0.15, 0.2) is 0 Å². The summed E-state index contributed by atoms with van der Waals surface area (Å²) in [6.45, 7) is 7.21. The molecule has 4 fully saturated rings. The van der Waals surface area contributed by atoms with Crippen molar-refractivity contribution in [1.29, 1.82) is 0 Å². The molecule has 0 unspecified atom stereocenters. The van der Waals surface area contributed by atoms with Crippen molar-refractivity contribution in [2.45, 2.75) is 109 Å². The molecule has 12 rings (SSSR count). The van der Waals surface area contributed by atoms with E-state index < -0.39 is 11.4 Å². The van der Waals surface area contributed by atoms with Crippen LogP contribution in [-0.4, -0.2) is 96.7 Å². The molecule has 2 aromatic carbocycles. The summed E-state index contributed by atoms with van der Waals surface area (Å²) < 4.78 is 26.7. The predicted octanol–water partition coefficient (Wildman–Crippen LogP) is 5.60. The summed E-state index contributed by atoms with van der Waals surface area (Å²) in [5.41, 5.74) is 5.61. The summed E-state index contributed by atoms with van der Waals surface area (Å²) in [6, 6.07) is 19.9. The highest BCUT2D eigenvalue weighted by atomic mass is 16.5. The number of hydrogen-bond donors (Lipinski definition) is 1. The molecular weight excluding hydrogens is 843 g/mol. The van der Waals surface area contributed by atoms with Crippen LogP contribution in [0.5, 0.6) is 11.8 Å². The lowest BCUT2D eigenvalue weighted by Gasteiger charge is -2.27. The van der Waals surface area contributed by atoms with Crippen molar-refractivity contribution in [2.75, 3.05) is 19.8 Å². The monoisotopic (exact) mass is 897 g/mol. The molecule has 1 saturated carbocycles. The highest BCUT2D eigenvalue weighted by molar-refractivity contribution is 5.98. The number of likely N-dealkylation sites (tertiary alicyclic amines) is 1. The zero-order chi connectivity index (χ0) is 44.8. The average molecular weight is 898 g/mol. The predicted molar refractivity (Wildman–Crippen MR) is 247 cm³/mol. The Hall–Kier alpha value is -6.42. The zero-order valence-corrected chi connectivity index (χ0v) is 37.2. The maximum Gasteiger partial charge on any atom is 0.341 e. The van der Waals surface area contributed by atoms with Gasteiger partial charge in [0.2, 0.25) is 22.6 Å². The molecule has 15 nitrogen and oxygen atoms in total. The van der Waals surface area contributed by atoms with E-state index in [1.165, 1.54) is 47.7 Å². The van der Waals surface area contributed by atoms with E-state index in [0.717, 1.165) is 44.6 Å². The van der Waals surface area contributed by atoms with Crippen molar-refractivity contribution in [2.24, 2.45) is 5.92 Å². The highest BCUT2D eigenvalue weighted by Gasteiger charge is 2.42. The van der Waals surface area contributed by atoms with Crippen LogP contribution in [0.15, 0.2) is 95.0 Å². The van der Waals surface area contributed by atoms with Crippen LogP contribution in [0.3, 0.4) is 0 Å². The lowest BCUT2D eigenvalue weighted by Crippen LogP contribution is -2.43. The fourth-order valence-electron chi connectivity index (χ4n) is 10.4. The lowest BCUT2D eigenvalue weighted by atomic mass is 10.1. The van der Waals surface area contributed by atoms with Crippen molar-refractivity contribution in [3.63, 3.8) is 0 Å². The molecule has 3 saturated heterocycles. The molecule has 1 amide bonds. The van der Waals surface area contributed by atoms with Gasteiger partial charge in [-0.1, -0.05) is 48.5 Å². The fraction of sp³-hybridized carbons (Fsp3) is 0.412. The first-order valence-electron chi connectivity index (χ1n) is 22.9. The molecule has 6 aromatic rings. The fourth-order valence-corrected chi connectivity index (χ4v) is 10.4. The van der Waals surface area contributed by atoms with Crippen LogP contribution in [-0.2, 0) is 48.2 Å². The summed E-state index contributed by atoms with van der Waals surface area (Å²) in [5.74, 6) is 0.279. The van der Waals surface area contributed by atoms with Gasteiger partial charge in [-0.05, 0) is 67.7 Å². The minimum atomic E-state index is -1.23. The Labute approximate surface area is 381 Å². The Morgan fingerprint density at radius 1 is 0.697 bits per heavy atom. The number of carbonyl (C=O) groups excluding carboxylic acids is 1. The van der Waals surface area contributed by atoms with Gasteiger partial charge in [-0.3, -0.25) is 14.4 Å². The number of rotatable bonds is 8. The molecule has 3 aliphatic carbocycles. The molecule has 0 spiro atoms. The first-order valence-corrected chi connectivity index (χ1v) is 22.9. The van der Waals surface area contributed by atoms with Crippen LogP contribution < -0.4 is 20.3 Å². The summed E-state index contributed by atoms with van der Waals surface area (Å²) in [4.78, 5) is 61.2. The number of morpholine rings is 1. The minimum absolute atomic E-state index is 0. The van der Waals surface area contributed by atoms with E-state index in [1.807, 2.05) is 42.7 Å². The van der Waals surface area contributed by atoms with Crippen molar-refractivity contribution >= 4 is 33.7 Å². The number of aromatic nitrogens is 4. The van der Waals surface area contributed by atoms with E-state index in [9.17, 15) is 24.3 Å². The van der Waals surface area contributed by atoms with Crippen LogP contribution >= 0.6 is 0 Å². The van der Waals surface area contributed by atoms with Crippen LogP contribution in [0.1, 0.15) is 82.5 Å². The maximum absolute atomic E-state index is 13.4. The zero-order valence-electron chi connectivity index (χ0n) is 37.2. The molecule has 6 aliphatic rings. The number of aryl methyl sites for hydroxylation is 2. The third kappa shape index (κ3) is 8.82. The van der Waals surface area contributed by atoms with Crippen LogP contribution in [0, 0.1) is 5.92 Å². The molecule has 4 aromatic heterocycles. The van der Waals surface area contributed by atoms with E-state index in [1.54, 1.807) is 40.2 Å². The number of benzene rings is 2. The second-order valence-corrected chi connectivity index (χ2v) is 18.0. The van der Waals surface area contributed by atoms with Crippen molar-refractivity contribution < 1.29 is 39.1 Å². The Morgan fingerprint density at radius 2 is 1.20 bits per heavy atom. The molecule has 0 radical (unpaired) electrons. The van der Waals surface area contributed by atoms with E-state index in [2.05, 4.69) is 34.2 Å². The second kappa shape index (κ2) is 18.8. The summed E-state index contributed by atoms with van der Waals surface area (Å²) in [7, 11) is 0. The standard InChI is InChI=1S/C25H25N3O4.C20H18N2O4.C6H10O.H2O/c1-2-27-13-21(25(30)28-12-19-9-17(28)14-31-19)24(29)20-10-23(26-11-22(20)27)32-18-7-15-5-3-4-6-16(15)8-18;1-2-22-11-16(20(24)25)19(23)15-9-18(21-10-17(15)22)26-14-7-12-5-3-4-6-13(12)8-14;1-2-6-3-5(1)4-7-6;/h3-6,10-11,13,17-19H,2,7-9,12,14H2,1H3;3-6,9-11,14H,2,7-8H2,1H3,(H,24,25);5-6H,1-4H2;1H2/t17-,19-;;5-,6+;/m0.0./s1. The van der Waals surface area contributed by atoms with Crippen LogP contribution in [0.2, 0.25) is 0 Å². The molecule has 344 valence electrons. The molecular formula is C51H55N5O10. The van der Waals surface area contributed by atoms with Crippen molar-refractivity contribution in [3.8, 4) is 11.8 Å². The van der Waals surface area contributed by atoms with Gasteiger partial charge in [0.1, 0.15) is 23.3 Å².